The second kappa shape index (κ2) is 14.7. The molecule has 1 atom stereocenters. The summed E-state index contributed by atoms with van der Waals surface area (Å²) in [6.07, 6.45) is 2.84. The molecule has 1 heterocycles. The van der Waals surface area contributed by atoms with Gasteiger partial charge in [-0.25, -0.2) is 4.79 Å². The van der Waals surface area contributed by atoms with Gasteiger partial charge >= 0.3 is 5.97 Å². The molecule has 1 fully saturated rings. The third-order valence-electron chi connectivity index (χ3n) is 7.40. The minimum Gasteiger partial charge on any atom is -0.489 e. The molecule has 212 valence electrons. The average molecular weight is 554 g/mol. The summed E-state index contributed by atoms with van der Waals surface area (Å²) in [5.74, 6) is -0.489. The number of nitrogens with zero attached hydrogens (tertiary/aromatic N) is 2. The number of amides is 2. The number of piperidine rings is 1. The molecule has 41 heavy (non-hydrogen) atoms. The fourth-order valence-corrected chi connectivity index (χ4v) is 4.96. The Kier molecular flexibility index (Phi) is 10.5. The van der Waals surface area contributed by atoms with Crippen molar-refractivity contribution in [2.24, 2.45) is 5.92 Å². The molecule has 0 bridgehead atoms. The van der Waals surface area contributed by atoms with Crippen LogP contribution in [-0.4, -0.2) is 46.9 Å². The molecule has 3 aromatic rings. The van der Waals surface area contributed by atoms with Gasteiger partial charge in [-0.05, 0) is 66.1 Å². The van der Waals surface area contributed by atoms with Crippen LogP contribution in [-0.2, 0) is 33.8 Å². The Bertz CT molecular complexity index is 1340. The van der Waals surface area contributed by atoms with Crippen LogP contribution in [0.2, 0.25) is 0 Å². The van der Waals surface area contributed by atoms with Crippen LogP contribution in [0, 0.1) is 17.2 Å². The van der Waals surface area contributed by atoms with Crippen LogP contribution in [0.15, 0.2) is 78.9 Å². The van der Waals surface area contributed by atoms with E-state index in [0.29, 0.717) is 56.7 Å². The van der Waals surface area contributed by atoms with E-state index < -0.39 is 12.0 Å². The summed E-state index contributed by atoms with van der Waals surface area (Å²) >= 11 is 0. The SMILES string of the molecule is N#Cc1ccc(CCC(=O)N2CCC(CC(=O)NC(Cc3ccc(OCc4ccccc4)cc3)C(=O)O)CC2)cc1. The van der Waals surface area contributed by atoms with Crippen molar-refractivity contribution >= 4 is 17.8 Å². The monoisotopic (exact) mass is 553 g/mol. The quantitative estimate of drug-likeness (QED) is 0.341. The van der Waals surface area contributed by atoms with E-state index >= 15 is 0 Å². The predicted molar refractivity (Wildman–Crippen MR) is 154 cm³/mol. The highest BCUT2D eigenvalue weighted by atomic mass is 16.5. The van der Waals surface area contributed by atoms with Gasteiger partial charge in [-0.15, -0.1) is 0 Å². The van der Waals surface area contributed by atoms with Gasteiger partial charge in [-0.3, -0.25) is 9.59 Å². The molecule has 1 aliphatic heterocycles. The highest BCUT2D eigenvalue weighted by Crippen LogP contribution is 2.22. The number of likely N-dealkylation sites (tertiary alicyclic amines) is 1. The largest absolute Gasteiger partial charge is 0.489 e. The number of aryl methyl sites for hydroxylation is 1. The van der Waals surface area contributed by atoms with E-state index in [4.69, 9.17) is 10.00 Å². The Labute approximate surface area is 240 Å². The summed E-state index contributed by atoms with van der Waals surface area (Å²) in [6, 6.07) is 25.4. The van der Waals surface area contributed by atoms with Crippen molar-refractivity contribution < 1.29 is 24.2 Å². The van der Waals surface area contributed by atoms with Gasteiger partial charge in [0.25, 0.3) is 0 Å². The van der Waals surface area contributed by atoms with Gasteiger partial charge in [0, 0.05) is 32.4 Å². The van der Waals surface area contributed by atoms with Crippen molar-refractivity contribution in [3.05, 3.63) is 101 Å². The van der Waals surface area contributed by atoms with Gasteiger partial charge in [0.1, 0.15) is 18.4 Å². The summed E-state index contributed by atoms with van der Waals surface area (Å²) in [7, 11) is 0. The zero-order valence-corrected chi connectivity index (χ0v) is 23.0. The molecule has 1 aliphatic rings. The highest BCUT2D eigenvalue weighted by Gasteiger charge is 2.26. The van der Waals surface area contributed by atoms with Crippen molar-refractivity contribution in [1.29, 1.82) is 5.26 Å². The first-order chi connectivity index (χ1) is 19.9. The lowest BCUT2D eigenvalue weighted by atomic mass is 9.92. The van der Waals surface area contributed by atoms with Crippen LogP contribution in [0.1, 0.15) is 47.9 Å². The number of aliphatic carboxylic acids is 1. The summed E-state index contributed by atoms with van der Waals surface area (Å²) in [4.78, 5) is 39.1. The second-order valence-electron chi connectivity index (χ2n) is 10.4. The van der Waals surface area contributed by atoms with Crippen LogP contribution >= 0.6 is 0 Å². The summed E-state index contributed by atoms with van der Waals surface area (Å²) in [5.41, 5.74) is 3.46. The molecule has 8 heteroatoms. The third-order valence-corrected chi connectivity index (χ3v) is 7.40. The topological polar surface area (TPSA) is 120 Å². The number of carboxylic acid groups (broad SMARTS) is 1. The molecule has 0 aromatic heterocycles. The molecule has 8 nitrogen and oxygen atoms in total. The van der Waals surface area contributed by atoms with Crippen molar-refractivity contribution in [3.8, 4) is 11.8 Å². The molecule has 2 N–H and O–H groups in total. The fraction of sp³-hybridized carbons (Fsp3) is 0.333. The maximum absolute atomic E-state index is 12.7. The highest BCUT2D eigenvalue weighted by molar-refractivity contribution is 5.84. The smallest absolute Gasteiger partial charge is 0.326 e. The normalized spacial score (nSPS) is 14.1. The molecule has 1 saturated heterocycles. The molecule has 2 amide bonds. The van der Waals surface area contributed by atoms with E-state index in [1.165, 1.54) is 0 Å². The minimum atomic E-state index is -1.08. The van der Waals surface area contributed by atoms with Crippen molar-refractivity contribution in [1.82, 2.24) is 10.2 Å². The molecule has 4 rings (SSSR count). The first-order valence-corrected chi connectivity index (χ1v) is 13.9. The van der Waals surface area contributed by atoms with Crippen LogP contribution in [0.25, 0.3) is 0 Å². The average Bonchev–Trinajstić information content (AvgIpc) is 3.00. The lowest BCUT2D eigenvalue weighted by Crippen LogP contribution is -2.44. The number of rotatable bonds is 12. The zero-order chi connectivity index (χ0) is 29.0. The standard InChI is InChI=1S/C33H35N3O5/c34-22-27-8-6-24(7-9-27)12-15-32(38)36-18-16-26(17-19-36)21-31(37)35-30(33(39)40)20-25-10-13-29(14-11-25)41-23-28-4-2-1-3-5-28/h1-11,13-14,26,30H,12,15-21,23H2,(H,35,37)(H,39,40). The number of ether oxygens (including phenoxy) is 1. The fourth-order valence-electron chi connectivity index (χ4n) is 4.96. The van der Waals surface area contributed by atoms with Gasteiger partial charge in [0.15, 0.2) is 0 Å². The Hall–Kier alpha value is -4.64. The Morgan fingerprint density at radius 3 is 2.22 bits per heavy atom. The number of hydrogen-bond donors (Lipinski definition) is 2. The number of benzene rings is 3. The minimum absolute atomic E-state index is 0.0830. The Balaban J connectivity index is 1.18. The Morgan fingerprint density at radius 2 is 1.59 bits per heavy atom. The molecule has 0 aliphatic carbocycles. The van der Waals surface area contributed by atoms with E-state index in [1.54, 1.807) is 24.3 Å². The summed E-state index contributed by atoms with van der Waals surface area (Å²) < 4.78 is 5.79. The number of hydrogen-bond acceptors (Lipinski definition) is 5. The van der Waals surface area contributed by atoms with Crippen LogP contribution in [0.5, 0.6) is 5.75 Å². The first kappa shape index (κ1) is 29.3. The molecule has 3 aromatic carbocycles. The number of carbonyl (C=O) groups is 3. The lowest BCUT2D eigenvalue weighted by Gasteiger charge is -2.32. The van der Waals surface area contributed by atoms with Gasteiger partial charge < -0.3 is 20.1 Å². The maximum atomic E-state index is 12.7. The van der Waals surface area contributed by atoms with Crippen molar-refractivity contribution in [3.63, 3.8) is 0 Å². The van der Waals surface area contributed by atoms with Gasteiger partial charge in [-0.1, -0.05) is 54.6 Å². The number of nitrogens with one attached hydrogen (secondary N) is 1. The van der Waals surface area contributed by atoms with E-state index in [1.807, 2.05) is 59.5 Å². The van der Waals surface area contributed by atoms with Gasteiger partial charge in [-0.2, -0.15) is 5.26 Å². The summed E-state index contributed by atoms with van der Waals surface area (Å²) in [6.45, 7) is 1.62. The summed E-state index contributed by atoms with van der Waals surface area (Å²) in [5, 5.41) is 21.3. The zero-order valence-electron chi connectivity index (χ0n) is 23.0. The lowest BCUT2D eigenvalue weighted by molar-refractivity contribution is -0.142. The molecule has 1 unspecified atom stereocenters. The molecule has 0 saturated carbocycles. The van der Waals surface area contributed by atoms with E-state index in [0.717, 1.165) is 16.7 Å². The molecule has 0 spiro atoms. The van der Waals surface area contributed by atoms with Crippen molar-refractivity contribution in [2.45, 2.75) is 51.2 Å². The molecular weight excluding hydrogens is 518 g/mol. The van der Waals surface area contributed by atoms with Crippen LogP contribution < -0.4 is 10.1 Å². The molecule has 0 radical (unpaired) electrons. The van der Waals surface area contributed by atoms with E-state index in [-0.39, 0.29) is 30.6 Å². The Morgan fingerprint density at radius 1 is 0.927 bits per heavy atom. The predicted octanol–water partition coefficient (Wildman–Crippen LogP) is 4.51. The number of carbonyl (C=O) groups excluding carboxylic acids is 2. The van der Waals surface area contributed by atoms with Crippen molar-refractivity contribution in [2.75, 3.05) is 13.1 Å². The van der Waals surface area contributed by atoms with Crippen LogP contribution in [0.3, 0.4) is 0 Å². The second-order valence-corrected chi connectivity index (χ2v) is 10.4. The first-order valence-electron chi connectivity index (χ1n) is 13.9. The third kappa shape index (κ3) is 9.21. The number of nitriles is 1. The number of carboxylic acids is 1. The van der Waals surface area contributed by atoms with Gasteiger partial charge in [0.05, 0.1) is 11.6 Å². The van der Waals surface area contributed by atoms with Crippen LogP contribution in [0.4, 0.5) is 0 Å². The van der Waals surface area contributed by atoms with Gasteiger partial charge in [0.2, 0.25) is 11.8 Å². The van der Waals surface area contributed by atoms with E-state index in [2.05, 4.69) is 11.4 Å². The molecular formula is C33H35N3O5. The van der Waals surface area contributed by atoms with E-state index in [9.17, 15) is 19.5 Å². The maximum Gasteiger partial charge on any atom is 0.326 e.